The molecule has 0 radical (unpaired) electrons. The van der Waals surface area contributed by atoms with Crippen LogP contribution in [0.5, 0.6) is 0 Å². The van der Waals surface area contributed by atoms with E-state index in [1.54, 1.807) is 22.1 Å². The predicted molar refractivity (Wildman–Crippen MR) is 130 cm³/mol. The summed E-state index contributed by atoms with van der Waals surface area (Å²) < 4.78 is 6.04. The highest BCUT2D eigenvalue weighted by Gasteiger charge is 2.27. The molecule has 0 spiro atoms. The third-order valence-electron chi connectivity index (χ3n) is 6.10. The standard InChI is InChI=1S/C28H25N3O3/c1-20-11-13-21(14-12-20)25-19-29-26(34-25)23-9-5-6-10-24(23)28(33)31-17-15-30(16-18-31)27(32)22-7-3-2-4-8-22/h2-14,19H,15-18H2,1H3. The Morgan fingerprint density at radius 3 is 2.09 bits per heavy atom. The van der Waals surface area contributed by atoms with Crippen molar-refractivity contribution in [2.24, 2.45) is 0 Å². The van der Waals surface area contributed by atoms with E-state index in [1.807, 2.05) is 79.7 Å². The first kappa shape index (κ1) is 21.6. The number of nitrogens with zero attached hydrogens (tertiary/aromatic N) is 3. The van der Waals surface area contributed by atoms with Crippen molar-refractivity contribution >= 4 is 11.8 Å². The first-order valence-electron chi connectivity index (χ1n) is 11.4. The first-order chi connectivity index (χ1) is 16.6. The molecule has 1 aliphatic rings. The van der Waals surface area contributed by atoms with Crippen molar-refractivity contribution in [2.45, 2.75) is 6.92 Å². The summed E-state index contributed by atoms with van der Waals surface area (Å²) in [7, 11) is 0. The monoisotopic (exact) mass is 451 g/mol. The molecule has 6 nitrogen and oxygen atoms in total. The second-order valence-electron chi connectivity index (χ2n) is 8.39. The molecule has 3 aromatic carbocycles. The van der Waals surface area contributed by atoms with Crippen molar-refractivity contribution in [1.29, 1.82) is 0 Å². The number of benzene rings is 3. The van der Waals surface area contributed by atoms with Gasteiger partial charge in [-0.2, -0.15) is 0 Å². The van der Waals surface area contributed by atoms with E-state index in [0.717, 1.165) is 5.56 Å². The molecular weight excluding hydrogens is 426 g/mol. The number of aryl methyl sites for hydroxylation is 1. The van der Waals surface area contributed by atoms with Gasteiger partial charge in [-0.05, 0) is 31.2 Å². The van der Waals surface area contributed by atoms with Gasteiger partial charge in [0.1, 0.15) is 0 Å². The predicted octanol–water partition coefficient (Wildman–Crippen LogP) is 4.92. The summed E-state index contributed by atoms with van der Waals surface area (Å²) in [6.45, 7) is 3.99. The molecule has 0 aliphatic carbocycles. The number of hydrogen-bond acceptors (Lipinski definition) is 4. The smallest absolute Gasteiger partial charge is 0.254 e. The Hall–Kier alpha value is -4.19. The Kier molecular flexibility index (Phi) is 5.95. The summed E-state index contributed by atoms with van der Waals surface area (Å²) in [5.41, 5.74) is 3.98. The molecule has 34 heavy (non-hydrogen) atoms. The van der Waals surface area contributed by atoms with Gasteiger partial charge < -0.3 is 14.2 Å². The number of piperazine rings is 1. The fraction of sp³-hybridized carbons (Fsp3) is 0.179. The van der Waals surface area contributed by atoms with Crippen molar-refractivity contribution in [3.63, 3.8) is 0 Å². The normalized spacial score (nSPS) is 13.7. The fourth-order valence-corrected chi connectivity index (χ4v) is 4.15. The SMILES string of the molecule is Cc1ccc(-c2cnc(-c3ccccc3C(=O)N3CCN(C(=O)c4ccccc4)CC3)o2)cc1. The molecule has 0 atom stereocenters. The van der Waals surface area contributed by atoms with Crippen LogP contribution in [0, 0.1) is 6.92 Å². The average Bonchev–Trinajstić information content (AvgIpc) is 3.39. The molecule has 1 aliphatic heterocycles. The van der Waals surface area contributed by atoms with Gasteiger partial charge in [-0.3, -0.25) is 9.59 Å². The van der Waals surface area contributed by atoms with Crippen LogP contribution in [-0.4, -0.2) is 52.8 Å². The molecule has 1 saturated heterocycles. The summed E-state index contributed by atoms with van der Waals surface area (Å²) in [5, 5.41) is 0. The highest BCUT2D eigenvalue weighted by molar-refractivity contribution is 6.00. The number of rotatable bonds is 4. The zero-order valence-electron chi connectivity index (χ0n) is 19.0. The quantitative estimate of drug-likeness (QED) is 0.442. The molecule has 5 rings (SSSR count). The summed E-state index contributed by atoms with van der Waals surface area (Å²) >= 11 is 0. The van der Waals surface area contributed by atoms with Crippen molar-refractivity contribution in [1.82, 2.24) is 14.8 Å². The highest BCUT2D eigenvalue weighted by atomic mass is 16.4. The van der Waals surface area contributed by atoms with Crippen molar-refractivity contribution < 1.29 is 14.0 Å². The Morgan fingerprint density at radius 2 is 1.38 bits per heavy atom. The zero-order chi connectivity index (χ0) is 23.5. The molecular formula is C28H25N3O3. The fourth-order valence-electron chi connectivity index (χ4n) is 4.15. The summed E-state index contributed by atoms with van der Waals surface area (Å²) in [4.78, 5) is 34.2. The van der Waals surface area contributed by atoms with Gasteiger partial charge in [0.25, 0.3) is 11.8 Å². The lowest BCUT2D eigenvalue weighted by molar-refractivity contribution is 0.0536. The maximum absolute atomic E-state index is 13.4. The number of aromatic nitrogens is 1. The summed E-state index contributed by atoms with van der Waals surface area (Å²) in [5.74, 6) is 0.983. The lowest BCUT2D eigenvalue weighted by Gasteiger charge is -2.35. The maximum atomic E-state index is 13.4. The Labute approximate surface area is 198 Å². The van der Waals surface area contributed by atoms with E-state index in [2.05, 4.69) is 4.98 Å². The molecule has 1 fully saturated rings. The Morgan fingerprint density at radius 1 is 0.765 bits per heavy atom. The first-order valence-corrected chi connectivity index (χ1v) is 11.4. The van der Waals surface area contributed by atoms with Gasteiger partial charge in [-0.15, -0.1) is 0 Å². The van der Waals surface area contributed by atoms with Crippen LogP contribution in [0.4, 0.5) is 0 Å². The van der Waals surface area contributed by atoms with Crippen LogP contribution >= 0.6 is 0 Å². The van der Waals surface area contributed by atoms with Crippen LogP contribution in [-0.2, 0) is 0 Å². The molecule has 6 heteroatoms. The van der Waals surface area contributed by atoms with Crippen LogP contribution in [0.2, 0.25) is 0 Å². The Balaban J connectivity index is 1.32. The topological polar surface area (TPSA) is 66.7 Å². The largest absolute Gasteiger partial charge is 0.436 e. The molecule has 0 saturated carbocycles. The minimum atomic E-state index is -0.0857. The Bertz CT molecular complexity index is 1300. The molecule has 2 amide bonds. The second-order valence-corrected chi connectivity index (χ2v) is 8.39. The second kappa shape index (κ2) is 9.35. The lowest BCUT2D eigenvalue weighted by Crippen LogP contribution is -2.50. The van der Waals surface area contributed by atoms with Crippen molar-refractivity contribution in [2.75, 3.05) is 26.2 Å². The van der Waals surface area contributed by atoms with Crippen molar-refractivity contribution in [3.8, 4) is 22.8 Å². The van der Waals surface area contributed by atoms with Gasteiger partial charge in [-0.25, -0.2) is 4.98 Å². The van der Waals surface area contributed by atoms with E-state index in [1.165, 1.54) is 5.56 Å². The number of oxazole rings is 1. The molecule has 4 aromatic rings. The molecule has 0 unspecified atom stereocenters. The average molecular weight is 452 g/mol. The van der Waals surface area contributed by atoms with E-state index in [4.69, 9.17) is 4.42 Å². The minimum absolute atomic E-state index is 0.00322. The molecule has 1 aromatic heterocycles. The highest BCUT2D eigenvalue weighted by Crippen LogP contribution is 2.29. The number of amides is 2. The van der Waals surface area contributed by atoms with Gasteiger partial charge in [0.05, 0.1) is 11.8 Å². The van der Waals surface area contributed by atoms with Crippen LogP contribution in [0.3, 0.4) is 0 Å². The van der Waals surface area contributed by atoms with E-state index >= 15 is 0 Å². The molecule has 170 valence electrons. The number of carbonyl (C=O) groups excluding carboxylic acids is 2. The van der Waals surface area contributed by atoms with Crippen LogP contribution in [0.15, 0.2) is 89.5 Å². The van der Waals surface area contributed by atoms with E-state index < -0.39 is 0 Å². The van der Waals surface area contributed by atoms with Crippen molar-refractivity contribution in [3.05, 3.63) is 102 Å². The third kappa shape index (κ3) is 4.35. The third-order valence-corrected chi connectivity index (χ3v) is 6.10. The van der Waals surface area contributed by atoms with E-state index in [0.29, 0.717) is 54.5 Å². The van der Waals surface area contributed by atoms with E-state index in [-0.39, 0.29) is 11.8 Å². The maximum Gasteiger partial charge on any atom is 0.254 e. The van der Waals surface area contributed by atoms with Gasteiger partial charge in [0.15, 0.2) is 5.76 Å². The number of hydrogen-bond donors (Lipinski definition) is 0. The van der Waals surface area contributed by atoms with Gasteiger partial charge in [0, 0.05) is 42.9 Å². The summed E-state index contributed by atoms with van der Waals surface area (Å²) in [6, 6.07) is 24.6. The molecule has 2 heterocycles. The lowest BCUT2D eigenvalue weighted by atomic mass is 10.1. The van der Waals surface area contributed by atoms with Gasteiger partial charge in [-0.1, -0.05) is 60.2 Å². The van der Waals surface area contributed by atoms with Crippen LogP contribution < -0.4 is 0 Å². The van der Waals surface area contributed by atoms with Gasteiger partial charge in [0.2, 0.25) is 5.89 Å². The number of carbonyl (C=O) groups is 2. The minimum Gasteiger partial charge on any atom is -0.436 e. The molecule has 0 bridgehead atoms. The van der Waals surface area contributed by atoms with Crippen LogP contribution in [0.1, 0.15) is 26.3 Å². The van der Waals surface area contributed by atoms with Crippen LogP contribution in [0.25, 0.3) is 22.8 Å². The zero-order valence-corrected chi connectivity index (χ0v) is 19.0. The summed E-state index contributed by atoms with van der Waals surface area (Å²) in [6.07, 6.45) is 1.69. The van der Waals surface area contributed by atoms with E-state index in [9.17, 15) is 9.59 Å². The molecule has 0 N–H and O–H groups in total. The van der Waals surface area contributed by atoms with Gasteiger partial charge >= 0.3 is 0 Å².